The standard InChI is InChI=1S/C21H21N3O3/c1-21(2)20(26)24(18-6-4-3-5-16(18)23-21)11-12-27-19(25)15-8-7-14-9-10-22-17(14)13-15/h3-10,13,22-23H,11-12H2,1-2H3. The minimum atomic E-state index is -0.711. The number of amides is 1. The molecule has 0 saturated carbocycles. The molecule has 1 aromatic heterocycles. The molecular weight excluding hydrogens is 342 g/mol. The van der Waals surface area contributed by atoms with Crippen molar-refractivity contribution in [3.63, 3.8) is 0 Å². The lowest BCUT2D eigenvalue weighted by Crippen LogP contribution is -2.54. The van der Waals surface area contributed by atoms with Crippen molar-refractivity contribution in [3.05, 3.63) is 60.3 Å². The predicted octanol–water partition coefficient (Wildman–Crippen LogP) is 3.56. The summed E-state index contributed by atoms with van der Waals surface area (Å²) in [6, 6.07) is 15.0. The van der Waals surface area contributed by atoms with Crippen LogP contribution in [-0.2, 0) is 9.53 Å². The fourth-order valence-corrected chi connectivity index (χ4v) is 3.36. The van der Waals surface area contributed by atoms with Crippen molar-refractivity contribution in [2.45, 2.75) is 19.4 Å². The summed E-state index contributed by atoms with van der Waals surface area (Å²) in [5, 5.41) is 4.29. The lowest BCUT2D eigenvalue weighted by Gasteiger charge is -2.39. The van der Waals surface area contributed by atoms with Crippen molar-refractivity contribution < 1.29 is 14.3 Å². The van der Waals surface area contributed by atoms with Crippen LogP contribution in [0.3, 0.4) is 0 Å². The molecule has 4 rings (SSSR count). The highest BCUT2D eigenvalue weighted by Gasteiger charge is 2.38. The number of esters is 1. The maximum Gasteiger partial charge on any atom is 0.338 e. The third kappa shape index (κ3) is 3.14. The van der Waals surface area contributed by atoms with Crippen LogP contribution < -0.4 is 10.2 Å². The first-order valence-electron chi connectivity index (χ1n) is 8.89. The quantitative estimate of drug-likeness (QED) is 0.695. The highest BCUT2D eigenvalue weighted by Crippen LogP contribution is 2.34. The van der Waals surface area contributed by atoms with Crippen LogP contribution in [0.4, 0.5) is 11.4 Å². The van der Waals surface area contributed by atoms with E-state index in [4.69, 9.17) is 4.74 Å². The van der Waals surface area contributed by atoms with Gasteiger partial charge in [0.15, 0.2) is 0 Å². The molecule has 2 N–H and O–H groups in total. The van der Waals surface area contributed by atoms with E-state index in [1.54, 1.807) is 17.0 Å². The van der Waals surface area contributed by atoms with E-state index in [1.165, 1.54) is 0 Å². The lowest BCUT2D eigenvalue weighted by atomic mass is 9.98. The minimum Gasteiger partial charge on any atom is -0.460 e. The molecule has 2 heterocycles. The number of anilines is 2. The second kappa shape index (κ2) is 6.46. The molecule has 2 aromatic carbocycles. The second-order valence-corrected chi connectivity index (χ2v) is 7.14. The van der Waals surface area contributed by atoms with Gasteiger partial charge in [-0.2, -0.15) is 0 Å². The number of aromatic nitrogens is 1. The van der Waals surface area contributed by atoms with E-state index in [9.17, 15) is 9.59 Å². The van der Waals surface area contributed by atoms with Crippen LogP contribution in [-0.4, -0.2) is 35.6 Å². The Balaban J connectivity index is 1.46. The lowest BCUT2D eigenvalue weighted by molar-refractivity contribution is -0.122. The van der Waals surface area contributed by atoms with Crippen molar-refractivity contribution in [2.75, 3.05) is 23.4 Å². The molecule has 6 nitrogen and oxygen atoms in total. The fourth-order valence-electron chi connectivity index (χ4n) is 3.36. The first-order chi connectivity index (χ1) is 13.0. The molecule has 1 aliphatic heterocycles. The number of hydrogen-bond donors (Lipinski definition) is 2. The zero-order chi connectivity index (χ0) is 19.0. The number of para-hydroxylation sites is 2. The predicted molar refractivity (Wildman–Crippen MR) is 105 cm³/mol. The number of carbonyl (C=O) groups excluding carboxylic acids is 2. The van der Waals surface area contributed by atoms with E-state index in [2.05, 4.69) is 10.3 Å². The van der Waals surface area contributed by atoms with E-state index in [0.29, 0.717) is 12.1 Å². The molecule has 0 fully saturated rings. The third-order valence-corrected chi connectivity index (χ3v) is 4.76. The largest absolute Gasteiger partial charge is 0.460 e. The molecule has 27 heavy (non-hydrogen) atoms. The first-order valence-corrected chi connectivity index (χ1v) is 8.89. The number of benzene rings is 2. The average Bonchev–Trinajstić information content (AvgIpc) is 3.12. The van der Waals surface area contributed by atoms with Crippen molar-refractivity contribution in [2.24, 2.45) is 0 Å². The number of ether oxygens (including phenoxy) is 1. The summed E-state index contributed by atoms with van der Waals surface area (Å²) < 4.78 is 5.42. The molecule has 3 aromatic rings. The Hall–Kier alpha value is -3.28. The van der Waals surface area contributed by atoms with E-state index in [-0.39, 0.29) is 12.5 Å². The average molecular weight is 363 g/mol. The van der Waals surface area contributed by atoms with E-state index in [0.717, 1.165) is 22.3 Å². The summed E-state index contributed by atoms with van der Waals surface area (Å²) in [6.07, 6.45) is 1.83. The summed E-state index contributed by atoms with van der Waals surface area (Å²) in [6.45, 7) is 4.11. The number of carbonyl (C=O) groups is 2. The van der Waals surface area contributed by atoms with Crippen LogP contribution in [0.1, 0.15) is 24.2 Å². The van der Waals surface area contributed by atoms with Crippen molar-refractivity contribution in [1.82, 2.24) is 4.98 Å². The molecule has 0 radical (unpaired) electrons. The molecule has 1 aliphatic rings. The number of nitrogens with one attached hydrogen (secondary N) is 2. The number of rotatable bonds is 4. The molecule has 0 atom stereocenters. The topological polar surface area (TPSA) is 74.4 Å². The van der Waals surface area contributed by atoms with Crippen molar-refractivity contribution in [3.8, 4) is 0 Å². The van der Waals surface area contributed by atoms with Gasteiger partial charge in [0.1, 0.15) is 12.1 Å². The van der Waals surface area contributed by atoms with Gasteiger partial charge in [-0.3, -0.25) is 4.79 Å². The number of aromatic amines is 1. The Morgan fingerprint density at radius 3 is 2.81 bits per heavy atom. The van der Waals surface area contributed by atoms with Crippen molar-refractivity contribution >= 4 is 34.2 Å². The summed E-state index contributed by atoms with van der Waals surface area (Å²) in [7, 11) is 0. The molecule has 1 amide bonds. The summed E-state index contributed by atoms with van der Waals surface area (Å²) in [4.78, 5) is 29.9. The highest BCUT2D eigenvalue weighted by molar-refractivity contribution is 6.07. The van der Waals surface area contributed by atoms with Crippen LogP contribution in [0.25, 0.3) is 10.9 Å². The van der Waals surface area contributed by atoms with Crippen LogP contribution in [0.2, 0.25) is 0 Å². The maximum absolute atomic E-state index is 12.8. The van der Waals surface area contributed by atoms with Crippen molar-refractivity contribution in [1.29, 1.82) is 0 Å². The van der Waals surface area contributed by atoms with E-state index >= 15 is 0 Å². The van der Waals surface area contributed by atoms with Gasteiger partial charge in [-0.25, -0.2) is 4.79 Å². The van der Waals surface area contributed by atoms with Gasteiger partial charge in [0.25, 0.3) is 5.91 Å². The monoisotopic (exact) mass is 363 g/mol. The summed E-state index contributed by atoms with van der Waals surface area (Å²) >= 11 is 0. The summed E-state index contributed by atoms with van der Waals surface area (Å²) in [5.74, 6) is -0.452. The number of fused-ring (bicyclic) bond motifs is 2. The van der Waals surface area contributed by atoms with Crippen LogP contribution >= 0.6 is 0 Å². The zero-order valence-electron chi connectivity index (χ0n) is 15.3. The van der Waals surface area contributed by atoms with Gasteiger partial charge in [0, 0.05) is 11.7 Å². The summed E-state index contributed by atoms with van der Waals surface area (Å²) in [5.41, 5.74) is 2.35. The molecule has 6 heteroatoms. The first kappa shape index (κ1) is 17.1. The molecule has 0 bridgehead atoms. The highest BCUT2D eigenvalue weighted by atomic mass is 16.5. The molecule has 0 saturated heterocycles. The third-order valence-electron chi connectivity index (χ3n) is 4.76. The smallest absolute Gasteiger partial charge is 0.338 e. The normalized spacial score (nSPS) is 15.3. The van der Waals surface area contributed by atoms with Gasteiger partial charge < -0.3 is 19.9 Å². The van der Waals surface area contributed by atoms with Gasteiger partial charge in [-0.15, -0.1) is 0 Å². The van der Waals surface area contributed by atoms with Gasteiger partial charge >= 0.3 is 5.97 Å². The molecule has 0 spiro atoms. The Morgan fingerprint density at radius 1 is 1.15 bits per heavy atom. The Labute approximate surface area is 157 Å². The van der Waals surface area contributed by atoms with Gasteiger partial charge in [0.05, 0.1) is 23.5 Å². The minimum absolute atomic E-state index is 0.0509. The van der Waals surface area contributed by atoms with E-state index in [1.807, 2.05) is 56.4 Å². The Kier molecular flexibility index (Phi) is 4.11. The number of nitrogens with zero attached hydrogens (tertiary/aromatic N) is 1. The van der Waals surface area contributed by atoms with Gasteiger partial charge in [-0.05, 0) is 49.6 Å². The maximum atomic E-state index is 12.8. The SMILES string of the molecule is CC1(C)Nc2ccccc2N(CCOC(=O)c2ccc3cc[nH]c3c2)C1=O. The van der Waals surface area contributed by atoms with Crippen LogP contribution in [0.5, 0.6) is 0 Å². The number of hydrogen-bond acceptors (Lipinski definition) is 4. The van der Waals surface area contributed by atoms with Crippen LogP contribution in [0.15, 0.2) is 54.7 Å². The zero-order valence-corrected chi connectivity index (χ0v) is 15.3. The second-order valence-electron chi connectivity index (χ2n) is 7.14. The van der Waals surface area contributed by atoms with Gasteiger partial charge in [0.2, 0.25) is 0 Å². The fraction of sp³-hybridized carbons (Fsp3) is 0.238. The van der Waals surface area contributed by atoms with Gasteiger partial charge in [-0.1, -0.05) is 18.2 Å². The Bertz CT molecular complexity index is 1020. The van der Waals surface area contributed by atoms with Crippen LogP contribution in [0, 0.1) is 0 Å². The molecule has 0 unspecified atom stereocenters. The van der Waals surface area contributed by atoms with E-state index < -0.39 is 11.5 Å². The number of H-pyrrole nitrogens is 1. The molecule has 0 aliphatic carbocycles. The molecule has 138 valence electrons. The molecular formula is C21H21N3O3. The Morgan fingerprint density at radius 2 is 1.96 bits per heavy atom.